The molecule has 3 N–H and O–H groups in total. The lowest BCUT2D eigenvalue weighted by Gasteiger charge is -2.21. The second-order valence-electron chi connectivity index (χ2n) is 8.09. The first-order chi connectivity index (χ1) is 16.9. The van der Waals surface area contributed by atoms with Gasteiger partial charge in [-0.25, -0.2) is 9.19 Å². The molecule has 2 aromatic carbocycles. The van der Waals surface area contributed by atoms with Gasteiger partial charge in [-0.2, -0.15) is 18.2 Å². The molecule has 0 aliphatic rings. The lowest BCUT2D eigenvalue weighted by molar-refractivity contribution is -0.137. The van der Waals surface area contributed by atoms with Crippen LogP contribution in [0.25, 0.3) is 0 Å². The Kier molecular flexibility index (Phi) is 8.18. The van der Waals surface area contributed by atoms with Crippen LogP contribution < -0.4 is 20.3 Å². The predicted molar refractivity (Wildman–Crippen MR) is 136 cm³/mol. The number of hydrogen-bond acceptors (Lipinski definition) is 6. The number of nitrogens with one attached hydrogen (secondary N) is 3. The molecule has 0 radical (unpaired) electrons. The number of carbonyl (C=O) groups is 1. The standard InChI is InChI=1S/C24H27F3N6O2S/c1-14-6-7-17(20(10-14)33(4)36(5)35)12-29-21-18(24(25,26)27)13-30-23(32-21)31-19-9-8-16(11-15(19)2)22(34)28-3/h6-11,13H,12H2,1-5H3,(H,28,34)(H2,29,30,31,32). The van der Waals surface area contributed by atoms with E-state index in [9.17, 15) is 22.2 Å². The highest BCUT2D eigenvalue weighted by atomic mass is 32.2. The third-order valence-electron chi connectivity index (χ3n) is 5.47. The molecule has 0 spiro atoms. The van der Waals surface area contributed by atoms with Gasteiger partial charge in [-0.3, -0.25) is 9.10 Å². The van der Waals surface area contributed by atoms with E-state index < -0.39 is 28.5 Å². The van der Waals surface area contributed by atoms with E-state index in [1.54, 1.807) is 42.5 Å². The Morgan fingerprint density at radius 1 is 1.14 bits per heavy atom. The van der Waals surface area contributed by atoms with E-state index in [1.165, 1.54) is 13.3 Å². The molecule has 1 atom stereocenters. The largest absolute Gasteiger partial charge is 0.421 e. The summed E-state index contributed by atoms with van der Waals surface area (Å²) in [4.78, 5) is 19.8. The summed E-state index contributed by atoms with van der Waals surface area (Å²) in [7, 11) is 1.86. The summed E-state index contributed by atoms with van der Waals surface area (Å²) in [6, 6.07) is 10.3. The number of anilines is 4. The predicted octanol–water partition coefficient (Wildman–Crippen LogP) is 4.56. The van der Waals surface area contributed by atoms with Crippen molar-refractivity contribution in [3.8, 4) is 0 Å². The lowest BCUT2D eigenvalue weighted by Crippen LogP contribution is -2.21. The number of aromatic nitrogens is 2. The van der Waals surface area contributed by atoms with Crippen molar-refractivity contribution in [1.29, 1.82) is 0 Å². The SMILES string of the molecule is CNC(=O)c1ccc(Nc2ncc(C(F)(F)F)c(NCc3ccc(C)cc3N(C)S(C)=O)n2)c(C)c1. The molecule has 0 bridgehead atoms. The van der Waals surface area contributed by atoms with Gasteiger partial charge in [0.05, 0.1) is 5.69 Å². The number of amides is 1. The molecule has 1 heterocycles. The molecule has 12 heteroatoms. The second kappa shape index (κ2) is 10.9. The summed E-state index contributed by atoms with van der Waals surface area (Å²) in [5, 5.41) is 8.22. The smallest absolute Gasteiger partial charge is 0.365 e. The number of halogens is 3. The van der Waals surface area contributed by atoms with Gasteiger partial charge in [0.1, 0.15) is 22.4 Å². The van der Waals surface area contributed by atoms with E-state index in [0.717, 1.165) is 11.8 Å². The van der Waals surface area contributed by atoms with E-state index in [1.807, 2.05) is 19.1 Å². The van der Waals surface area contributed by atoms with Gasteiger partial charge in [0, 0.05) is 44.3 Å². The Morgan fingerprint density at radius 3 is 2.47 bits per heavy atom. The highest BCUT2D eigenvalue weighted by molar-refractivity contribution is 7.85. The van der Waals surface area contributed by atoms with Gasteiger partial charge in [-0.05, 0) is 54.8 Å². The number of carbonyl (C=O) groups excluding carboxylic acids is 1. The fourth-order valence-corrected chi connectivity index (χ4v) is 3.88. The van der Waals surface area contributed by atoms with Crippen molar-refractivity contribution in [3.63, 3.8) is 0 Å². The van der Waals surface area contributed by atoms with Crippen LogP contribution in [-0.2, 0) is 23.7 Å². The fourth-order valence-electron chi connectivity index (χ4n) is 3.43. The Balaban J connectivity index is 1.92. The Bertz CT molecular complexity index is 1300. The number of hydrogen-bond donors (Lipinski definition) is 3. The molecular weight excluding hydrogens is 493 g/mol. The summed E-state index contributed by atoms with van der Waals surface area (Å²) in [5.74, 6) is -0.696. The first-order valence-corrected chi connectivity index (χ1v) is 12.4. The highest BCUT2D eigenvalue weighted by Gasteiger charge is 2.35. The summed E-state index contributed by atoms with van der Waals surface area (Å²) in [6.45, 7) is 3.64. The quantitative estimate of drug-likeness (QED) is 0.403. The van der Waals surface area contributed by atoms with Crippen LogP contribution in [0.3, 0.4) is 0 Å². The third kappa shape index (κ3) is 6.30. The minimum absolute atomic E-state index is 0.0105. The fraction of sp³-hybridized carbons (Fsp3) is 0.292. The maximum Gasteiger partial charge on any atom is 0.421 e. The van der Waals surface area contributed by atoms with Gasteiger partial charge in [0.2, 0.25) is 5.95 Å². The van der Waals surface area contributed by atoms with Crippen molar-refractivity contribution in [3.05, 3.63) is 70.4 Å². The summed E-state index contributed by atoms with van der Waals surface area (Å²) >= 11 is 0. The molecule has 0 aliphatic heterocycles. The maximum absolute atomic E-state index is 13.7. The van der Waals surface area contributed by atoms with Crippen LogP contribution in [0.5, 0.6) is 0 Å². The molecule has 1 amide bonds. The minimum Gasteiger partial charge on any atom is -0.365 e. The van der Waals surface area contributed by atoms with E-state index >= 15 is 0 Å². The van der Waals surface area contributed by atoms with Crippen molar-refractivity contribution in [2.75, 3.05) is 35.3 Å². The molecule has 0 fully saturated rings. The molecule has 0 saturated heterocycles. The number of nitrogens with zero attached hydrogens (tertiary/aromatic N) is 3. The Labute approximate surface area is 209 Å². The zero-order chi connectivity index (χ0) is 26.6. The van der Waals surface area contributed by atoms with Gasteiger partial charge < -0.3 is 16.0 Å². The first-order valence-electron chi connectivity index (χ1n) is 10.9. The zero-order valence-corrected chi connectivity index (χ0v) is 21.3. The summed E-state index contributed by atoms with van der Waals surface area (Å²) < 4.78 is 54.6. The second-order valence-corrected chi connectivity index (χ2v) is 9.49. The molecule has 0 aliphatic carbocycles. The molecule has 192 valence electrons. The monoisotopic (exact) mass is 520 g/mol. The topological polar surface area (TPSA) is 99.2 Å². The van der Waals surface area contributed by atoms with E-state index in [0.29, 0.717) is 28.1 Å². The molecule has 0 saturated carbocycles. The Morgan fingerprint density at radius 2 is 1.86 bits per heavy atom. The molecule has 3 rings (SSSR count). The van der Waals surface area contributed by atoms with E-state index in [4.69, 9.17) is 0 Å². The molecular formula is C24H27F3N6O2S. The average Bonchev–Trinajstić information content (AvgIpc) is 2.82. The van der Waals surface area contributed by atoms with Crippen molar-refractivity contribution in [2.45, 2.75) is 26.6 Å². The summed E-state index contributed by atoms with van der Waals surface area (Å²) in [6.07, 6.45) is -2.44. The van der Waals surface area contributed by atoms with Gasteiger partial charge in [0.25, 0.3) is 5.91 Å². The molecule has 1 unspecified atom stereocenters. The number of benzene rings is 2. The van der Waals surface area contributed by atoms with E-state index in [2.05, 4.69) is 25.9 Å². The van der Waals surface area contributed by atoms with Crippen LogP contribution in [0, 0.1) is 13.8 Å². The zero-order valence-electron chi connectivity index (χ0n) is 20.4. The molecule has 8 nitrogen and oxygen atoms in total. The Hall–Kier alpha value is -3.67. The number of rotatable bonds is 8. The van der Waals surface area contributed by atoms with Crippen LogP contribution in [0.15, 0.2) is 42.6 Å². The number of alkyl halides is 3. The minimum atomic E-state index is -4.68. The van der Waals surface area contributed by atoms with Gasteiger partial charge in [0.15, 0.2) is 0 Å². The normalized spacial score (nSPS) is 12.1. The van der Waals surface area contributed by atoms with Crippen LogP contribution in [0.2, 0.25) is 0 Å². The van der Waals surface area contributed by atoms with Crippen molar-refractivity contribution in [2.24, 2.45) is 0 Å². The van der Waals surface area contributed by atoms with Crippen molar-refractivity contribution < 1.29 is 22.2 Å². The average molecular weight is 521 g/mol. The van der Waals surface area contributed by atoms with Crippen LogP contribution in [-0.4, -0.2) is 40.4 Å². The van der Waals surface area contributed by atoms with Gasteiger partial charge in [-0.15, -0.1) is 0 Å². The van der Waals surface area contributed by atoms with E-state index in [-0.39, 0.29) is 18.4 Å². The number of aryl methyl sites for hydroxylation is 2. The third-order valence-corrected chi connectivity index (χ3v) is 6.44. The van der Waals surface area contributed by atoms with Crippen LogP contribution in [0.4, 0.5) is 36.3 Å². The molecule has 3 aromatic rings. The molecule has 1 aromatic heterocycles. The van der Waals surface area contributed by atoms with Gasteiger partial charge >= 0.3 is 6.18 Å². The van der Waals surface area contributed by atoms with Gasteiger partial charge in [-0.1, -0.05) is 12.1 Å². The first kappa shape index (κ1) is 26.9. The lowest BCUT2D eigenvalue weighted by atomic mass is 10.1. The van der Waals surface area contributed by atoms with Crippen LogP contribution >= 0.6 is 0 Å². The highest BCUT2D eigenvalue weighted by Crippen LogP contribution is 2.35. The van der Waals surface area contributed by atoms with Crippen LogP contribution in [0.1, 0.15) is 32.6 Å². The maximum atomic E-state index is 13.7. The van der Waals surface area contributed by atoms with Crippen molar-refractivity contribution >= 4 is 40.0 Å². The van der Waals surface area contributed by atoms with Crippen molar-refractivity contribution in [1.82, 2.24) is 15.3 Å². The summed E-state index contributed by atoms with van der Waals surface area (Å²) in [5.41, 5.74) is 2.88. The molecule has 36 heavy (non-hydrogen) atoms.